The Balaban J connectivity index is 1.48. The monoisotopic (exact) mass is 721 g/mol. The normalized spacial score (nSPS) is 22.0. The Labute approximate surface area is 289 Å². The minimum atomic E-state index is -3.48. The quantitative estimate of drug-likeness (QED) is 0.283. The third-order valence-electron chi connectivity index (χ3n) is 9.25. The second kappa shape index (κ2) is 15.0. The minimum absolute atomic E-state index is 0.0620. The number of piperazine rings is 1. The van der Waals surface area contributed by atoms with Crippen LogP contribution in [0.25, 0.3) is 0 Å². The van der Waals surface area contributed by atoms with Crippen molar-refractivity contribution in [3.63, 3.8) is 0 Å². The highest BCUT2D eigenvalue weighted by Gasteiger charge is 2.41. The molecule has 10 nitrogen and oxygen atoms in total. The van der Waals surface area contributed by atoms with Gasteiger partial charge in [0.1, 0.15) is 11.9 Å². The van der Waals surface area contributed by atoms with Crippen molar-refractivity contribution in [2.24, 2.45) is 0 Å². The van der Waals surface area contributed by atoms with E-state index in [9.17, 15) is 26.8 Å². The predicted molar refractivity (Wildman–Crippen MR) is 180 cm³/mol. The molecule has 3 heterocycles. The van der Waals surface area contributed by atoms with Crippen molar-refractivity contribution in [3.8, 4) is 0 Å². The fourth-order valence-corrected chi connectivity index (χ4v) is 8.55. The van der Waals surface area contributed by atoms with Gasteiger partial charge in [0.25, 0.3) is 5.92 Å². The predicted octanol–water partition coefficient (Wildman–Crippen LogP) is 5.52. The number of carbonyl (C=O) groups is 2. The van der Waals surface area contributed by atoms with Crippen LogP contribution < -0.4 is 10.6 Å². The second-order valence-electron chi connectivity index (χ2n) is 12.6. The molecule has 2 aliphatic rings. The Bertz CT molecular complexity index is 1780. The number of nitrogens with zero attached hydrogens (tertiary/aromatic N) is 3. The number of hydrogen-bond donors (Lipinski definition) is 2. The number of pyridine rings is 1. The van der Waals surface area contributed by atoms with Gasteiger partial charge < -0.3 is 20.3 Å². The number of carbonyl (C=O) groups excluding carboxylic acids is 2. The molecule has 49 heavy (non-hydrogen) atoms. The average molecular weight is 722 g/mol. The number of alkyl carbamates (subject to hydrolysis) is 1. The number of methoxy groups -OCH3 is 1. The maximum absolute atomic E-state index is 15.5. The van der Waals surface area contributed by atoms with Crippen LogP contribution in [0, 0.1) is 5.82 Å². The van der Waals surface area contributed by atoms with Gasteiger partial charge in [0.05, 0.1) is 12.9 Å². The van der Waals surface area contributed by atoms with Crippen molar-refractivity contribution >= 4 is 39.3 Å². The van der Waals surface area contributed by atoms with E-state index >= 15 is 4.39 Å². The fourth-order valence-electron chi connectivity index (χ4n) is 6.63. The molecule has 2 aliphatic heterocycles. The molecule has 2 saturated heterocycles. The number of nitrogens with one attached hydrogen (secondary N) is 2. The lowest BCUT2D eigenvalue weighted by molar-refractivity contribution is -0.118. The van der Waals surface area contributed by atoms with E-state index in [1.165, 1.54) is 30.5 Å². The molecule has 3 aromatic rings. The Kier molecular flexibility index (Phi) is 11.2. The van der Waals surface area contributed by atoms with Crippen LogP contribution in [0.1, 0.15) is 54.4 Å². The van der Waals surface area contributed by atoms with Gasteiger partial charge in [0.2, 0.25) is 15.9 Å². The van der Waals surface area contributed by atoms with Crippen LogP contribution in [-0.2, 0) is 31.9 Å². The number of aromatic nitrogens is 1. The number of likely N-dealkylation sites (N-methyl/N-ethyl adjacent to an activating group) is 1. The summed E-state index contributed by atoms with van der Waals surface area (Å²) < 4.78 is 76.8. The summed E-state index contributed by atoms with van der Waals surface area (Å²) in [5.41, 5.74) is 0.499. The molecule has 0 aliphatic carbocycles. The van der Waals surface area contributed by atoms with Gasteiger partial charge in [-0.25, -0.2) is 26.4 Å². The maximum Gasteiger partial charge on any atom is 0.407 e. The van der Waals surface area contributed by atoms with Crippen LogP contribution >= 0.6 is 11.6 Å². The summed E-state index contributed by atoms with van der Waals surface area (Å²) in [5, 5.41) is 5.64. The number of alkyl halides is 2. The summed E-state index contributed by atoms with van der Waals surface area (Å²) in [7, 11) is -0.409. The van der Waals surface area contributed by atoms with Crippen LogP contribution in [0.4, 0.5) is 23.7 Å². The molecular weight excluding hydrogens is 683 g/mol. The van der Waals surface area contributed by atoms with Crippen molar-refractivity contribution < 1.29 is 35.9 Å². The third-order valence-corrected chi connectivity index (χ3v) is 11.5. The van der Waals surface area contributed by atoms with Gasteiger partial charge in [-0.1, -0.05) is 29.8 Å². The van der Waals surface area contributed by atoms with Crippen molar-refractivity contribution in [2.45, 2.75) is 62.6 Å². The zero-order valence-electron chi connectivity index (χ0n) is 27.3. The first-order valence-electron chi connectivity index (χ1n) is 15.9. The number of rotatable bonds is 10. The molecule has 2 N–H and O–H groups in total. The van der Waals surface area contributed by atoms with Gasteiger partial charge in [-0.05, 0) is 74.2 Å². The Morgan fingerprint density at radius 3 is 2.55 bits per heavy atom. The molecule has 0 saturated carbocycles. The molecule has 2 bridgehead atoms. The van der Waals surface area contributed by atoms with E-state index in [0.29, 0.717) is 36.5 Å². The highest BCUT2D eigenvalue weighted by atomic mass is 35.5. The fraction of sp³-hybridized carbons (Fsp3) is 0.441. The molecule has 2 fully saturated rings. The highest BCUT2D eigenvalue weighted by molar-refractivity contribution is 7.89. The molecule has 1 aromatic heterocycles. The van der Waals surface area contributed by atoms with Gasteiger partial charge in [-0.2, -0.15) is 4.31 Å². The summed E-state index contributed by atoms with van der Waals surface area (Å²) in [4.78, 5) is 33.0. The SMILES string of the molecule is COC(=O)NC(C(=O)Nc1cccc(F)c1CCC1CN(C)C2CCCS(=O)(=O)N1C2)C(c1ccc(Cl)cc1)c1cncc(C(C)(F)F)c1. The third kappa shape index (κ3) is 8.54. The lowest BCUT2D eigenvalue weighted by Gasteiger charge is -2.42. The molecule has 0 radical (unpaired) electrons. The van der Waals surface area contributed by atoms with Crippen molar-refractivity contribution in [1.29, 1.82) is 0 Å². The number of fused-ring (bicyclic) bond motifs is 2. The van der Waals surface area contributed by atoms with Crippen LogP contribution in [0.3, 0.4) is 0 Å². The molecule has 5 rings (SSSR count). The van der Waals surface area contributed by atoms with E-state index in [4.69, 9.17) is 16.3 Å². The van der Waals surface area contributed by atoms with E-state index in [2.05, 4.69) is 20.5 Å². The minimum Gasteiger partial charge on any atom is -0.453 e. The lowest BCUT2D eigenvalue weighted by Crippen LogP contribution is -2.57. The van der Waals surface area contributed by atoms with Crippen LogP contribution in [0.5, 0.6) is 0 Å². The van der Waals surface area contributed by atoms with E-state index in [1.807, 2.05) is 7.05 Å². The summed E-state index contributed by atoms with van der Waals surface area (Å²) in [5.74, 6) is -5.65. The second-order valence-corrected chi connectivity index (χ2v) is 15.1. The zero-order chi connectivity index (χ0) is 35.5. The van der Waals surface area contributed by atoms with Gasteiger partial charge in [-0.3, -0.25) is 9.78 Å². The number of sulfonamides is 1. The summed E-state index contributed by atoms with van der Waals surface area (Å²) in [6.07, 6.45) is 3.12. The van der Waals surface area contributed by atoms with E-state index in [1.54, 1.807) is 28.6 Å². The van der Waals surface area contributed by atoms with Crippen LogP contribution in [0.15, 0.2) is 60.9 Å². The Hall–Kier alpha value is -3.72. The molecule has 264 valence electrons. The van der Waals surface area contributed by atoms with Crippen LogP contribution in [0.2, 0.25) is 5.02 Å². The molecule has 5 atom stereocenters. The average Bonchev–Trinajstić information content (AvgIpc) is 3.19. The topological polar surface area (TPSA) is 121 Å². The number of halogens is 4. The zero-order valence-corrected chi connectivity index (χ0v) is 28.9. The molecule has 2 amide bonds. The van der Waals surface area contributed by atoms with Gasteiger partial charge in [-0.15, -0.1) is 0 Å². The van der Waals surface area contributed by atoms with Gasteiger partial charge >= 0.3 is 6.09 Å². The molecule has 15 heteroatoms. The Morgan fingerprint density at radius 2 is 1.86 bits per heavy atom. The summed E-state index contributed by atoms with van der Waals surface area (Å²) >= 11 is 6.13. The summed E-state index contributed by atoms with van der Waals surface area (Å²) in [6.45, 7) is 1.58. The maximum atomic E-state index is 15.5. The molecule has 2 aromatic carbocycles. The van der Waals surface area contributed by atoms with Crippen molar-refractivity contribution in [1.82, 2.24) is 19.5 Å². The highest BCUT2D eigenvalue weighted by Crippen LogP contribution is 2.35. The largest absolute Gasteiger partial charge is 0.453 e. The number of anilines is 1. The first-order chi connectivity index (χ1) is 23.2. The number of hydrogen-bond acceptors (Lipinski definition) is 7. The summed E-state index contributed by atoms with van der Waals surface area (Å²) in [6, 6.07) is 9.96. The van der Waals surface area contributed by atoms with Crippen LogP contribution in [-0.4, -0.2) is 85.7 Å². The van der Waals surface area contributed by atoms with Gasteiger partial charge in [0.15, 0.2) is 0 Å². The van der Waals surface area contributed by atoms with E-state index in [0.717, 1.165) is 26.7 Å². The Morgan fingerprint density at radius 1 is 1.12 bits per heavy atom. The molecule has 5 unspecified atom stereocenters. The van der Waals surface area contributed by atoms with E-state index in [-0.39, 0.29) is 35.0 Å². The number of ether oxygens (including phenoxy) is 1. The van der Waals surface area contributed by atoms with E-state index < -0.39 is 57.3 Å². The molecule has 0 spiro atoms. The van der Waals surface area contributed by atoms with Crippen molar-refractivity contribution in [3.05, 3.63) is 94.0 Å². The number of amides is 2. The first kappa shape index (κ1) is 36.6. The van der Waals surface area contributed by atoms with Crippen molar-refractivity contribution in [2.75, 3.05) is 38.3 Å². The molecular formula is C34H39ClF3N5O5S. The standard InChI is InChI=1S/C34H39ClF3N5O5S/c1-34(37,38)23-16-22(17-39-18-23)30(21-9-11-24(35)12-10-21)31(41-33(45)48-3)32(44)40-29-8-4-7-28(36)27(29)14-13-26-19-42(2)25-6-5-15-49(46,47)43(26)20-25/h4,7-12,16-18,25-26,30-31H,5-6,13-15,19-20H2,1-3H3,(H,40,44)(H,41,45). The first-order valence-corrected chi connectivity index (χ1v) is 17.9. The van der Waals surface area contributed by atoms with Gasteiger partial charge in [0, 0.05) is 72.2 Å². The smallest absolute Gasteiger partial charge is 0.407 e. The number of benzene rings is 2. The lowest BCUT2D eigenvalue weighted by atomic mass is 9.84.